The predicted molar refractivity (Wildman–Crippen MR) is 79.4 cm³/mol. The van der Waals surface area contributed by atoms with Gasteiger partial charge in [0.2, 0.25) is 0 Å². The number of aryl methyl sites for hydroxylation is 2. The summed E-state index contributed by atoms with van der Waals surface area (Å²) in [5.41, 5.74) is 1.07. The fourth-order valence-electron chi connectivity index (χ4n) is 2.15. The van der Waals surface area contributed by atoms with Crippen LogP contribution >= 0.6 is 0 Å². The first-order valence-electron chi connectivity index (χ1n) is 7.29. The maximum atomic E-state index is 4.51. The average molecular weight is 273 g/mol. The first-order valence-corrected chi connectivity index (χ1v) is 7.29. The normalized spacial score (nSPS) is 12.6. The van der Waals surface area contributed by atoms with Gasteiger partial charge in [-0.3, -0.25) is 0 Å². The quantitative estimate of drug-likeness (QED) is 0.842. The predicted octanol–water partition coefficient (Wildman–Crippen LogP) is 2.48. The molecule has 2 aromatic rings. The van der Waals surface area contributed by atoms with Crippen LogP contribution < -0.4 is 5.32 Å². The van der Waals surface area contributed by atoms with Gasteiger partial charge in [-0.1, -0.05) is 13.8 Å². The van der Waals surface area contributed by atoms with E-state index in [1.54, 1.807) is 0 Å². The fraction of sp³-hybridized carbons (Fsp3) is 0.533. The molecule has 0 spiro atoms. The van der Waals surface area contributed by atoms with Gasteiger partial charge in [0.25, 0.3) is 0 Å². The molecule has 2 rings (SSSR count). The molecule has 108 valence electrons. The number of nitrogens with one attached hydrogen (secondary N) is 1. The van der Waals surface area contributed by atoms with E-state index in [1.165, 1.54) is 0 Å². The molecule has 5 nitrogen and oxygen atoms in total. The van der Waals surface area contributed by atoms with Crippen LogP contribution in [-0.4, -0.2) is 26.1 Å². The van der Waals surface area contributed by atoms with Gasteiger partial charge >= 0.3 is 0 Å². The summed E-state index contributed by atoms with van der Waals surface area (Å²) in [5, 5.41) is 3.50. The van der Waals surface area contributed by atoms with Crippen molar-refractivity contribution in [1.29, 1.82) is 0 Å². The molecule has 2 heterocycles. The van der Waals surface area contributed by atoms with Crippen molar-refractivity contribution in [1.82, 2.24) is 24.8 Å². The SMILES string of the molecule is CCCNC(c1ncc(C)cn1)c1nccn1CCC. The van der Waals surface area contributed by atoms with Crippen molar-refractivity contribution in [3.05, 3.63) is 42.0 Å². The van der Waals surface area contributed by atoms with Gasteiger partial charge in [0.1, 0.15) is 11.9 Å². The van der Waals surface area contributed by atoms with E-state index in [4.69, 9.17) is 0 Å². The van der Waals surface area contributed by atoms with Crippen LogP contribution in [0, 0.1) is 6.92 Å². The molecule has 0 saturated heterocycles. The lowest BCUT2D eigenvalue weighted by atomic mass is 10.2. The molecule has 2 aromatic heterocycles. The fourth-order valence-corrected chi connectivity index (χ4v) is 2.15. The summed E-state index contributed by atoms with van der Waals surface area (Å²) < 4.78 is 2.18. The lowest BCUT2D eigenvalue weighted by molar-refractivity contribution is 0.511. The first-order chi connectivity index (χ1) is 9.76. The summed E-state index contributed by atoms with van der Waals surface area (Å²) in [7, 11) is 0. The number of hydrogen-bond donors (Lipinski definition) is 1. The smallest absolute Gasteiger partial charge is 0.152 e. The van der Waals surface area contributed by atoms with Crippen molar-refractivity contribution in [3.8, 4) is 0 Å². The zero-order chi connectivity index (χ0) is 14.4. The lowest BCUT2D eigenvalue weighted by Gasteiger charge is -2.18. The molecule has 0 fully saturated rings. The summed E-state index contributed by atoms with van der Waals surface area (Å²) in [6.45, 7) is 8.20. The molecule has 5 heteroatoms. The molecule has 0 saturated carbocycles. The maximum Gasteiger partial charge on any atom is 0.152 e. The molecular formula is C15H23N5. The Morgan fingerprint density at radius 3 is 2.55 bits per heavy atom. The van der Waals surface area contributed by atoms with Crippen molar-refractivity contribution in [2.45, 2.75) is 46.2 Å². The molecule has 0 aliphatic heterocycles. The Kier molecular flexibility index (Phi) is 5.24. The number of nitrogens with zero attached hydrogens (tertiary/aromatic N) is 4. The van der Waals surface area contributed by atoms with Gasteiger partial charge in [0, 0.05) is 31.3 Å². The Morgan fingerprint density at radius 1 is 1.15 bits per heavy atom. The largest absolute Gasteiger partial charge is 0.333 e. The van der Waals surface area contributed by atoms with Crippen molar-refractivity contribution in [2.75, 3.05) is 6.54 Å². The molecule has 1 unspecified atom stereocenters. The number of imidazole rings is 1. The van der Waals surface area contributed by atoms with E-state index in [-0.39, 0.29) is 6.04 Å². The molecule has 0 bridgehead atoms. The highest BCUT2D eigenvalue weighted by atomic mass is 15.1. The maximum absolute atomic E-state index is 4.51. The van der Waals surface area contributed by atoms with Crippen molar-refractivity contribution >= 4 is 0 Å². The highest BCUT2D eigenvalue weighted by Crippen LogP contribution is 2.17. The number of hydrogen-bond acceptors (Lipinski definition) is 4. The minimum atomic E-state index is -0.0444. The van der Waals surface area contributed by atoms with E-state index in [0.29, 0.717) is 0 Å². The van der Waals surface area contributed by atoms with E-state index in [1.807, 2.05) is 31.7 Å². The van der Waals surface area contributed by atoms with Crippen LogP contribution in [0.15, 0.2) is 24.8 Å². The Morgan fingerprint density at radius 2 is 1.90 bits per heavy atom. The number of rotatable bonds is 7. The lowest BCUT2D eigenvalue weighted by Crippen LogP contribution is -2.28. The van der Waals surface area contributed by atoms with Crippen LogP contribution in [0.25, 0.3) is 0 Å². The minimum Gasteiger partial charge on any atom is -0.333 e. The van der Waals surface area contributed by atoms with Crippen LogP contribution in [0.2, 0.25) is 0 Å². The Labute approximate surface area is 120 Å². The standard InChI is InChI=1S/C15H23N5/c1-4-6-16-13(14-18-10-12(3)11-19-14)15-17-7-9-20(15)8-5-2/h7,9-11,13,16H,4-6,8H2,1-3H3. The van der Waals surface area contributed by atoms with Crippen LogP contribution in [0.5, 0.6) is 0 Å². The first kappa shape index (κ1) is 14.7. The molecule has 0 aromatic carbocycles. The topological polar surface area (TPSA) is 55.6 Å². The Hall–Kier alpha value is -1.75. The summed E-state index contributed by atoms with van der Waals surface area (Å²) in [6.07, 6.45) is 9.73. The molecular weight excluding hydrogens is 250 g/mol. The second kappa shape index (κ2) is 7.14. The molecule has 0 aliphatic carbocycles. The van der Waals surface area contributed by atoms with Crippen LogP contribution in [-0.2, 0) is 6.54 Å². The summed E-state index contributed by atoms with van der Waals surface area (Å²) in [4.78, 5) is 13.4. The molecule has 0 amide bonds. The summed E-state index contributed by atoms with van der Waals surface area (Å²) in [6, 6.07) is -0.0444. The van der Waals surface area contributed by atoms with Crippen LogP contribution in [0.4, 0.5) is 0 Å². The van der Waals surface area contributed by atoms with Crippen molar-refractivity contribution in [2.24, 2.45) is 0 Å². The van der Waals surface area contributed by atoms with Gasteiger partial charge in [-0.05, 0) is 31.9 Å². The molecule has 1 atom stereocenters. The zero-order valence-corrected chi connectivity index (χ0v) is 12.5. The third-order valence-electron chi connectivity index (χ3n) is 3.13. The van der Waals surface area contributed by atoms with Gasteiger partial charge in [0.15, 0.2) is 5.82 Å². The highest BCUT2D eigenvalue weighted by molar-refractivity contribution is 5.13. The minimum absolute atomic E-state index is 0.0444. The van der Waals surface area contributed by atoms with Crippen molar-refractivity contribution < 1.29 is 0 Å². The van der Waals surface area contributed by atoms with Gasteiger partial charge < -0.3 is 9.88 Å². The molecule has 1 N–H and O–H groups in total. The van der Waals surface area contributed by atoms with Gasteiger partial charge in [-0.15, -0.1) is 0 Å². The van der Waals surface area contributed by atoms with Crippen molar-refractivity contribution in [3.63, 3.8) is 0 Å². The molecule has 0 radical (unpaired) electrons. The zero-order valence-electron chi connectivity index (χ0n) is 12.5. The van der Waals surface area contributed by atoms with Gasteiger partial charge in [-0.2, -0.15) is 0 Å². The summed E-state index contributed by atoms with van der Waals surface area (Å²) >= 11 is 0. The summed E-state index contributed by atoms with van der Waals surface area (Å²) in [5.74, 6) is 1.77. The third-order valence-corrected chi connectivity index (χ3v) is 3.13. The monoisotopic (exact) mass is 273 g/mol. The van der Waals surface area contributed by atoms with E-state index < -0.39 is 0 Å². The Balaban J connectivity index is 2.31. The van der Waals surface area contributed by atoms with E-state index >= 15 is 0 Å². The second-order valence-corrected chi connectivity index (χ2v) is 4.98. The molecule has 0 aliphatic rings. The van der Waals surface area contributed by atoms with E-state index in [0.717, 1.165) is 43.1 Å². The van der Waals surface area contributed by atoms with Gasteiger partial charge in [-0.25, -0.2) is 15.0 Å². The number of aromatic nitrogens is 4. The average Bonchev–Trinajstić information content (AvgIpc) is 2.90. The van der Waals surface area contributed by atoms with E-state index in [9.17, 15) is 0 Å². The van der Waals surface area contributed by atoms with Gasteiger partial charge in [0.05, 0.1) is 0 Å². The van der Waals surface area contributed by atoms with Crippen LogP contribution in [0.3, 0.4) is 0 Å². The third kappa shape index (κ3) is 3.42. The Bertz CT molecular complexity index is 517. The molecule has 20 heavy (non-hydrogen) atoms. The second-order valence-electron chi connectivity index (χ2n) is 4.98. The van der Waals surface area contributed by atoms with Crippen LogP contribution in [0.1, 0.15) is 49.9 Å². The highest BCUT2D eigenvalue weighted by Gasteiger charge is 2.20. The van der Waals surface area contributed by atoms with E-state index in [2.05, 4.69) is 38.7 Å².